The monoisotopic (exact) mass is 288 g/mol. The minimum Gasteiger partial charge on any atom is -0.471 e. The highest BCUT2D eigenvalue weighted by molar-refractivity contribution is 6.37. The van der Waals surface area contributed by atoms with Crippen molar-refractivity contribution in [3.63, 3.8) is 0 Å². The summed E-state index contributed by atoms with van der Waals surface area (Å²) in [5, 5.41) is 8.12. The zero-order chi connectivity index (χ0) is 14.3. The normalized spacial score (nSPS) is 12.5. The molecule has 0 spiro atoms. The van der Waals surface area contributed by atoms with Gasteiger partial charge in [0.2, 0.25) is 0 Å². The number of rotatable bonds is 0. The van der Waals surface area contributed by atoms with Gasteiger partial charge >= 0.3 is 0 Å². The molecule has 0 aliphatic carbocycles. The smallest absolute Gasteiger partial charge is 0.143 e. The Labute approximate surface area is 122 Å². The molecule has 0 N–H and O–H groups in total. The average molecular weight is 288 g/mol. The molecule has 104 valence electrons. The van der Waals surface area contributed by atoms with Crippen LogP contribution in [0.4, 0.5) is 0 Å². The maximum absolute atomic E-state index is 5.80. The van der Waals surface area contributed by atoms with Gasteiger partial charge in [-0.1, -0.05) is 0 Å². The van der Waals surface area contributed by atoms with Gasteiger partial charge in [0, 0.05) is 43.1 Å². The van der Waals surface area contributed by atoms with Gasteiger partial charge in [-0.2, -0.15) is 0 Å². The van der Waals surface area contributed by atoms with Crippen LogP contribution in [0.3, 0.4) is 0 Å². The number of hydrogen-bond donors (Lipinski definition) is 0. The fourth-order valence-corrected chi connectivity index (χ4v) is 3.57. The van der Waals surface area contributed by atoms with Crippen LogP contribution in [0.2, 0.25) is 0 Å². The Balaban J connectivity index is 2.19. The maximum Gasteiger partial charge on any atom is 0.143 e. The Bertz CT molecular complexity index is 1120. The van der Waals surface area contributed by atoms with Gasteiger partial charge in [-0.15, -0.1) is 0 Å². The van der Waals surface area contributed by atoms with Gasteiger partial charge in [-0.25, -0.2) is 0 Å². The first-order chi connectivity index (χ1) is 10.9. The van der Waals surface area contributed by atoms with Crippen LogP contribution in [0.15, 0.2) is 67.4 Å². The van der Waals surface area contributed by atoms with Crippen molar-refractivity contribution in [3.05, 3.63) is 49.7 Å². The van der Waals surface area contributed by atoms with Crippen LogP contribution in [0, 0.1) is 0 Å². The molecule has 6 rings (SSSR count). The van der Waals surface area contributed by atoms with Crippen LogP contribution >= 0.6 is 0 Å². The van der Waals surface area contributed by atoms with Gasteiger partial charge in [-0.3, -0.25) is 0 Å². The van der Waals surface area contributed by atoms with E-state index in [0.717, 1.165) is 54.3 Å². The van der Waals surface area contributed by atoms with Gasteiger partial charge in [0.05, 0.1) is 37.6 Å². The van der Waals surface area contributed by atoms with E-state index in [1.54, 1.807) is 37.6 Å². The summed E-state index contributed by atoms with van der Waals surface area (Å²) in [6.07, 6.45) is 10.4. The maximum atomic E-state index is 5.80. The molecule has 4 heterocycles. The highest BCUT2D eigenvalue weighted by atomic mass is 16.3. The predicted octanol–water partition coefficient (Wildman–Crippen LogP) is 5.82. The largest absolute Gasteiger partial charge is 0.471 e. The molecular formula is C18H8O4. The third-order valence-electron chi connectivity index (χ3n) is 4.48. The highest BCUT2D eigenvalue weighted by Gasteiger charge is 2.20. The minimum absolute atomic E-state index is 0.846. The molecule has 0 aliphatic rings. The fourth-order valence-electron chi connectivity index (χ4n) is 3.57. The number of furan rings is 4. The van der Waals surface area contributed by atoms with Crippen molar-refractivity contribution in [2.75, 3.05) is 0 Å². The van der Waals surface area contributed by atoms with Crippen LogP contribution in [-0.4, -0.2) is 0 Å². The molecule has 0 amide bonds. The van der Waals surface area contributed by atoms with Crippen molar-refractivity contribution in [2.45, 2.75) is 0 Å². The predicted molar refractivity (Wildman–Crippen MR) is 83.0 cm³/mol. The van der Waals surface area contributed by atoms with E-state index >= 15 is 0 Å². The summed E-state index contributed by atoms with van der Waals surface area (Å²) in [5.41, 5.74) is 1.69. The molecule has 2 aromatic carbocycles. The highest BCUT2D eigenvalue weighted by Crippen LogP contribution is 2.44. The summed E-state index contributed by atoms with van der Waals surface area (Å²) in [4.78, 5) is 0. The molecule has 0 fully saturated rings. The summed E-state index contributed by atoms with van der Waals surface area (Å²) < 4.78 is 22.5. The van der Waals surface area contributed by atoms with E-state index in [2.05, 4.69) is 0 Å². The lowest BCUT2D eigenvalue weighted by Gasteiger charge is -2.04. The van der Waals surface area contributed by atoms with E-state index in [1.807, 2.05) is 12.1 Å². The Morgan fingerprint density at radius 1 is 0.500 bits per heavy atom. The third kappa shape index (κ3) is 1.01. The van der Waals surface area contributed by atoms with Gasteiger partial charge in [-0.05, 0) is 12.1 Å². The molecule has 0 saturated carbocycles. The van der Waals surface area contributed by atoms with E-state index in [9.17, 15) is 0 Å². The van der Waals surface area contributed by atoms with Crippen molar-refractivity contribution >= 4 is 54.3 Å². The lowest BCUT2D eigenvalue weighted by atomic mass is 9.96. The van der Waals surface area contributed by atoms with Gasteiger partial charge in [0.25, 0.3) is 0 Å². The second kappa shape index (κ2) is 3.36. The first-order valence-corrected chi connectivity index (χ1v) is 6.97. The van der Waals surface area contributed by atoms with Crippen LogP contribution in [0.5, 0.6) is 0 Å². The van der Waals surface area contributed by atoms with Crippen molar-refractivity contribution in [1.29, 1.82) is 0 Å². The Morgan fingerprint density at radius 3 is 1.45 bits per heavy atom. The number of fused-ring (bicyclic) bond motifs is 11. The summed E-state index contributed by atoms with van der Waals surface area (Å²) in [6, 6.07) is 3.94. The molecule has 6 aromatic rings. The summed E-state index contributed by atoms with van der Waals surface area (Å²) in [6.45, 7) is 0. The molecule has 0 bridgehead atoms. The second-order valence-corrected chi connectivity index (χ2v) is 5.48. The Kier molecular flexibility index (Phi) is 1.61. The first-order valence-electron chi connectivity index (χ1n) is 6.97. The summed E-state index contributed by atoms with van der Waals surface area (Å²) in [5.74, 6) is 0. The number of hydrogen-bond acceptors (Lipinski definition) is 4. The van der Waals surface area contributed by atoms with Crippen molar-refractivity contribution in [2.24, 2.45) is 0 Å². The standard InChI is InChI=1S/C18H8O4/c1-3-21-17-9(1)10-2-4-22-18(10)16-14-8-20-6-12(14)11-5-19-7-13(11)15(16)17/h1-8H. The summed E-state index contributed by atoms with van der Waals surface area (Å²) >= 11 is 0. The molecule has 0 unspecified atom stereocenters. The van der Waals surface area contributed by atoms with E-state index in [1.165, 1.54) is 0 Å². The molecule has 0 aliphatic heterocycles. The minimum atomic E-state index is 0.846. The second-order valence-electron chi connectivity index (χ2n) is 5.48. The van der Waals surface area contributed by atoms with Gasteiger partial charge < -0.3 is 17.7 Å². The summed E-state index contributed by atoms with van der Waals surface area (Å²) in [7, 11) is 0. The zero-order valence-corrected chi connectivity index (χ0v) is 11.3. The quantitative estimate of drug-likeness (QED) is 0.353. The van der Waals surface area contributed by atoms with Gasteiger partial charge in [0.1, 0.15) is 11.2 Å². The van der Waals surface area contributed by atoms with E-state index in [0.29, 0.717) is 0 Å². The molecule has 4 nitrogen and oxygen atoms in total. The van der Waals surface area contributed by atoms with Crippen LogP contribution < -0.4 is 0 Å². The van der Waals surface area contributed by atoms with Crippen molar-refractivity contribution < 1.29 is 17.7 Å². The van der Waals surface area contributed by atoms with Crippen LogP contribution in [0.25, 0.3) is 54.3 Å². The fraction of sp³-hybridized carbons (Fsp3) is 0. The van der Waals surface area contributed by atoms with Crippen molar-refractivity contribution in [3.8, 4) is 0 Å². The SMILES string of the molecule is c1cc2c3ccoc3c3c4cocc4c4cocc4c3c2o1. The topological polar surface area (TPSA) is 52.6 Å². The van der Waals surface area contributed by atoms with E-state index < -0.39 is 0 Å². The van der Waals surface area contributed by atoms with Crippen LogP contribution in [-0.2, 0) is 0 Å². The van der Waals surface area contributed by atoms with E-state index in [-0.39, 0.29) is 0 Å². The Hall–Kier alpha value is -3.14. The molecular weight excluding hydrogens is 280 g/mol. The lowest BCUT2D eigenvalue weighted by molar-refractivity contribution is 0.570. The molecule has 22 heavy (non-hydrogen) atoms. The first kappa shape index (κ1) is 10.6. The lowest BCUT2D eigenvalue weighted by Crippen LogP contribution is -1.80. The van der Waals surface area contributed by atoms with E-state index in [4.69, 9.17) is 17.7 Å². The molecule has 4 aromatic heterocycles. The molecule has 0 saturated heterocycles. The zero-order valence-electron chi connectivity index (χ0n) is 11.3. The molecule has 0 radical (unpaired) electrons. The Morgan fingerprint density at radius 2 is 0.955 bits per heavy atom. The van der Waals surface area contributed by atoms with Crippen molar-refractivity contribution in [1.82, 2.24) is 0 Å². The average Bonchev–Trinajstić information content (AvgIpc) is 3.28. The van der Waals surface area contributed by atoms with Crippen LogP contribution in [0.1, 0.15) is 0 Å². The molecule has 0 atom stereocenters. The molecule has 4 heteroatoms. The van der Waals surface area contributed by atoms with Gasteiger partial charge in [0.15, 0.2) is 0 Å². The third-order valence-corrected chi connectivity index (χ3v) is 4.48. The number of benzene rings is 2.